The lowest BCUT2D eigenvalue weighted by Gasteiger charge is -2.41. The summed E-state index contributed by atoms with van der Waals surface area (Å²) < 4.78 is 20.9. The van der Waals surface area contributed by atoms with E-state index >= 15 is 0 Å². The fraction of sp³-hybridized carbons (Fsp3) is 0.810. The summed E-state index contributed by atoms with van der Waals surface area (Å²) in [5.74, 6) is 1.31. The van der Waals surface area contributed by atoms with Gasteiger partial charge in [-0.3, -0.25) is 9.69 Å². The topological polar surface area (TPSA) is 50.6 Å². The van der Waals surface area contributed by atoms with Crippen LogP contribution in [-0.4, -0.2) is 70.3 Å². The molecule has 0 saturated carbocycles. The van der Waals surface area contributed by atoms with Crippen LogP contribution in [0.5, 0.6) is 0 Å². The third kappa shape index (κ3) is 3.36. The number of rotatable bonds is 7. The van der Waals surface area contributed by atoms with Crippen LogP contribution in [-0.2, 0) is 22.6 Å². The van der Waals surface area contributed by atoms with Crippen LogP contribution in [0.2, 0.25) is 0 Å². The normalized spacial score (nSPS) is 31.0. The molecule has 3 atom stereocenters. The van der Waals surface area contributed by atoms with Gasteiger partial charge in [0.25, 0.3) is 0 Å². The van der Waals surface area contributed by atoms with Gasteiger partial charge in [0.05, 0.1) is 18.6 Å². The summed E-state index contributed by atoms with van der Waals surface area (Å²) in [6.07, 6.45) is 8.10. The number of amides is 1. The first-order valence-electron chi connectivity index (χ1n) is 10.8. The minimum absolute atomic E-state index is 0.266. The molecule has 1 aromatic heterocycles. The number of likely N-dealkylation sites (tertiary alicyclic amines) is 1. The molecule has 0 N–H and O–H groups in total. The first-order valence-corrected chi connectivity index (χ1v) is 10.8. The molecule has 2 bridgehead atoms. The fourth-order valence-corrected chi connectivity index (χ4v) is 5.72. The smallest absolute Gasteiger partial charge is 0.230 e. The van der Waals surface area contributed by atoms with Crippen LogP contribution in [0, 0.1) is 5.41 Å². The molecule has 1 amide bonds. The van der Waals surface area contributed by atoms with Gasteiger partial charge in [-0.25, -0.2) is 9.37 Å². The predicted octanol–water partition coefficient (Wildman–Crippen LogP) is 2.62. The maximum Gasteiger partial charge on any atom is 0.230 e. The van der Waals surface area contributed by atoms with E-state index in [9.17, 15) is 9.18 Å². The number of aromatic nitrogens is 2. The summed E-state index contributed by atoms with van der Waals surface area (Å²) in [6, 6.07) is 0.714. The SMILES string of the molecule is CC[C@@]1(C(=O)N2CCC(F)CC2)C[C@@H]2CC[C@H]1N2Cc1nccn1CCOC. The minimum Gasteiger partial charge on any atom is -0.383 e. The Morgan fingerprint density at radius 2 is 2.11 bits per heavy atom. The van der Waals surface area contributed by atoms with E-state index in [1.165, 1.54) is 0 Å². The standard InChI is InChI=1S/C21H33FN4O2/c1-3-21(20(27)25-9-6-16(22)7-10-25)14-17-4-5-18(21)26(17)15-19-23-8-11-24(19)12-13-28-2/h8,11,16-18H,3-7,9-10,12-15H2,1-2H3/t17-,18+,21+/m0/s1. The van der Waals surface area contributed by atoms with Gasteiger partial charge in [-0.05, 0) is 38.5 Å². The molecule has 156 valence electrons. The number of imidazole rings is 1. The highest BCUT2D eigenvalue weighted by atomic mass is 19.1. The number of methoxy groups -OCH3 is 1. The zero-order chi connectivity index (χ0) is 19.7. The number of halogens is 1. The van der Waals surface area contributed by atoms with Gasteiger partial charge in [-0.1, -0.05) is 6.92 Å². The van der Waals surface area contributed by atoms with Crippen LogP contribution < -0.4 is 0 Å². The molecule has 0 aliphatic carbocycles. The fourth-order valence-electron chi connectivity index (χ4n) is 5.72. The van der Waals surface area contributed by atoms with E-state index < -0.39 is 6.17 Å². The zero-order valence-corrected chi connectivity index (χ0v) is 17.1. The zero-order valence-electron chi connectivity index (χ0n) is 17.1. The Bertz CT molecular complexity index is 688. The molecule has 0 unspecified atom stereocenters. The number of piperidine rings is 1. The van der Waals surface area contributed by atoms with E-state index in [0.717, 1.165) is 44.6 Å². The highest BCUT2D eigenvalue weighted by molar-refractivity contribution is 5.84. The van der Waals surface area contributed by atoms with Crippen LogP contribution in [0.4, 0.5) is 4.39 Å². The van der Waals surface area contributed by atoms with Crippen molar-refractivity contribution in [3.63, 3.8) is 0 Å². The largest absolute Gasteiger partial charge is 0.383 e. The van der Waals surface area contributed by atoms with E-state index in [0.29, 0.717) is 38.6 Å². The van der Waals surface area contributed by atoms with Gasteiger partial charge >= 0.3 is 0 Å². The monoisotopic (exact) mass is 392 g/mol. The van der Waals surface area contributed by atoms with Gasteiger partial charge < -0.3 is 14.2 Å². The van der Waals surface area contributed by atoms with Gasteiger partial charge in [0.15, 0.2) is 0 Å². The molecule has 7 heteroatoms. The number of ether oxygens (including phenoxy) is 1. The van der Waals surface area contributed by atoms with Crippen molar-refractivity contribution in [3.8, 4) is 0 Å². The Labute approximate surface area is 167 Å². The van der Waals surface area contributed by atoms with Crippen molar-refractivity contribution in [2.24, 2.45) is 5.41 Å². The molecule has 4 rings (SSSR count). The molecule has 3 aliphatic heterocycles. The van der Waals surface area contributed by atoms with E-state index in [2.05, 4.69) is 21.4 Å². The highest BCUT2D eigenvalue weighted by Crippen LogP contribution is 2.53. The van der Waals surface area contributed by atoms with Crippen LogP contribution in [0.15, 0.2) is 12.4 Å². The van der Waals surface area contributed by atoms with Gasteiger partial charge in [0, 0.05) is 51.2 Å². The van der Waals surface area contributed by atoms with Crippen molar-refractivity contribution in [3.05, 3.63) is 18.2 Å². The number of hydrogen-bond acceptors (Lipinski definition) is 4. The summed E-state index contributed by atoms with van der Waals surface area (Å²) in [6.45, 7) is 5.54. The molecule has 3 saturated heterocycles. The second kappa shape index (κ2) is 8.11. The molecular formula is C21H33FN4O2. The average molecular weight is 393 g/mol. The number of nitrogens with zero attached hydrogens (tertiary/aromatic N) is 4. The summed E-state index contributed by atoms with van der Waals surface area (Å²) >= 11 is 0. The lowest BCUT2D eigenvalue weighted by atomic mass is 9.70. The molecule has 0 aromatic carbocycles. The van der Waals surface area contributed by atoms with Crippen LogP contribution in [0.1, 0.15) is 51.3 Å². The van der Waals surface area contributed by atoms with E-state index in [-0.39, 0.29) is 17.4 Å². The van der Waals surface area contributed by atoms with Crippen molar-refractivity contribution in [1.82, 2.24) is 19.4 Å². The molecule has 1 aromatic rings. The van der Waals surface area contributed by atoms with E-state index in [1.807, 2.05) is 17.3 Å². The van der Waals surface area contributed by atoms with Gasteiger partial charge in [0.2, 0.25) is 5.91 Å². The Balaban J connectivity index is 1.50. The van der Waals surface area contributed by atoms with E-state index in [1.54, 1.807) is 7.11 Å². The number of hydrogen-bond donors (Lipinski definition) is 0. The summed E-state index contributed by atoms with van der Waals surface area (Å²) in [7, 11) is 1.71. The molecule has 6 nitrogen and oxygen atoms in total. The molecule has 4 heterocycles. The summed E-state index contributed by atoms with van der Waals surface area (Å²) in [4.78, 5) is 22.6. The minimum atomic E-state index is -0.746. The summed E-state index contributed by atoms with van der Waals surface area (Å²) in [5.41, 5.74) is -0.310. The molecule has 3 fully saturated rings. The Morgan fingerprint density at radius 1 is 1.32 bits per heavy atom. The lowest BCUT2D eigenvalue weighted by Crippen LogP contribution is -2.52. The van der Waals surface area contributed by atoms with Gasteiger partial charge in [0.1, 0.15) is 12.0 Å². The van der Waals surface area contributed by atoms with Crippen molar-refractivity contribution in [1.29, 1.82) is 0 Å². The van der Waals surface area contributed by atoms with Gasteiger partial charge in [-0.15, -0.1) is 0 Å². The Hall–Kier alpha value is -1.47. The number of fused-ring (bicyclic) bond motifs is 2. The number of carbonyl (C=O) groups excluding carboxylic acids is 1. The van der Waals surface area contributed by atoms with E-state index in [4.69, 9.17) is 4.74 Å². The highest BCUT2D eigenvalue weighted by Gasteiger charge is 2.59. The average Bonchev–Trinajstić information content (AvgIpc) is 3.41. The second-order valence-corrected chi connectivity index (χ2v) is 8.63. The van der Waals surface area contributed by atoms with Crippen molar-refractivity contribution >= 4 is 5.91 Å². The maximum atomic E-state index is 13.6. The lowest BCUT2D eigenvalue weighted by molar-refractivity contribution is -0.146. The molecule has 3 aliphatic rings. The summed E-state index contributed by atoms with van der Waals surface area (Å²) in [5, 5.41) is 0. The van der Waals surface area contributed by atoms with Crippen molar-refractivity contribution in [2.45, 2.75) is 76.8 Å². The Kier molecular flexibility index (Phi) is 5.74. The second-order valence-electron chi connectivity index (χ2n) is 8.63. The third-order valence-corrected chi connectivity index (χ3v) is 7.31. The molecule has 28 heavy (non-hydrogen) atoms. The van der Waals surface area contributed by atoms with Crippen LogP contribution in [0.25, 0.3) is 0 Å². The first kappa shape index (κ1) is 19.8. The van der Waals surface area contributed by atoms with Gasteiger partial charge in [-0.2, -0.15) is 0 Å². The third-order valence-electron chi connectivity index (χ3n) is 7.31. The first-order chi connectivity index (χ1) is 13.6. The quantitative estimate of drug-likeness (QED) is 0.716. The van der Waals surface area contributed by atoms with Crippen LogP contribution >= 0.6 is 0 Å². The predicted molar refractivity (Wildman–Crippen MR) is 105 cm³/mol. The number of alkyl halides is 1. The van der Waals surface area contributed by atoms with Crippen molar-refractivity contribution < 1.29 is 13.9 Å². The molecule has 0 spiro atoms. The van der Waals surface area contributed by atoms with Crippen LogP contribution in [0.3, 0.4) is 0 Å². The Morgan fingerprint density at radius 3 is 2.82 bits per heavy atom. The molecule has 0 radical (unpaired) electrons. The maximum absolute atomic E-state index is 13.6. The molecular weight excluding hydrogens is 359 g/mol. The van der Waals surface area contributed by atoms with Crippen molar-refractivity contribution in [2.75, 3.05) is 26.8 Å². The number of carbonyl (C=O) groups is 1.